The molecule has 0 aromatic rings. The Bertz CT molecular complexity index is 361. The molecule has 0 aliphatic heterocycles. The van der Waals surface area contributed by atoms with E-state index in [1.54, 1.807) is 0 Å². The summed E-state index contributed by atoms with van der Waals surface area (Å²) in [4.78, 5) is 24.2. The molecule has 106 valence electrons. The van der Waals surface area contributed by atoms with E-state index in [-0.39, 0.29) is 23.8 Å². The molecule has 0 amide bonds. The average Bonchev–Trinajstić information content (AvgIpc) is 3.02. The van der Waals surface area contributed by atoms with E-state index in [9.17, 15) is 9.59 Å². The van der Waals surface area contributed by atoms with Crippen molar-refractivity contribution in [2.45, 2.75) is 46.0 Å². The van der Waals surface area contributed by atoms with Gasteiger partial charge < -0.3 is 9.47 Å². The Morgan fingerprint density at radius 2 is 1.37 bits per heavy atom. The van der Waals surface area contributed by atoms with Crippen LogP contribution in [0.25, 0.3) is 0 Å². The van der Waals surface area contributed by atoms with Crippen molar-refractivity contribution >= 4 is 11.9 Å². The molecule has 2 rings (SSSR count). The van der Waals surface area contributed by atoms with E-state index in [0.717, 1.165) is 32.1 Å². The summed E-state index contributed by atoms with van der Waals surface area (Å²) >= 11 is 0. The summed E-state index contributed by atoms with van der Waals surface area (Å²) in [6.07, 6.45) is 4.48. The smallest absolute Gasteiger partial charge is 0.334 e. The zero-order valence-electron chi connectivity index (χ0n) is 11.7. The van der Waals surface area contributed by atoms with Crippen molar-refractivity contribution in [1.29, 1.82) is 0 Å². The lowest BCUT2D eigenvalue weighted by Gasteiger charge is -2.17. The summed E-state index contributed by atoms with van der Waals surface area (Å²) in [5.41, 5.74) is 1.21. The van der Waals surface area contributed by atoms with Crippen LogP contribution in [-0.2, 0) is 19.1 Å². The van der Waals surface area contributed by atoms with Crippen molar-refractivity contribution < 1.29 is 19.1 Å². The summed E-state index contributed by atoms with van der Waals surface area (Å²) in [5.74, 6) is -0.202. The van der Waals surface area contributed by atoms with E-state index >= 15 is 0 Å². The molecule has 0 aromatic heterocycles. The molecule has 19 heavy (non-hydrogen) atoms. The molecule has 1 saturated carbocycles. The standard InChI is InChI=1S/C15H22O4/c1-3-7-18-14(16)12-10-5-6-11(9-10)13(12)15(17)19-8-4-2/h10-11H,3-9H2,1-2H3. The van der Waals surface area contributed by atoms with Crippen molar-refractivity contribution in [3.8, 4) is 0 Å². The molecule has 0 spiro atoms. The maximum atomic E-state index is 12.1. The molecule has 2 aliphatic carbocycles. The van der Waals surface area contributed by atoms with Gasteiger partial charge in [-0.2, -0.15) is 0 Å². The molecule has 2 atom stereocenters. The van der Waals surface area contributed by atoms with Gasteiger partial charge in [-0.15, -0.1) is 0 Å². The number of hydrogen-bond donors (Lipinski definition) is 0. The Morgan fingerprint density at radius 1 is 0.947 bits per heavy atom. The van der Waals surface area contributed by atoms with Gasteiger partial charge in [-0.1, -0.05) is 13.8 Å². The van der Waals surface area contributed by atoms with E-state index in [4.69, 9.17) is 9.47 Å². The zero-order chi connectivity index (χ0) is 13.8. The van der Waals surface area contributed by atoms with Crippen molar-refractivity contribution in [3.63, 3.8) is 0 Å². The van der Waals surface area contributed by atoms with Crippen LogP contribution in [0.3, 0.4) is 0 Å². The van der Waals surface area contributed by atoms with Gasteiger partial charge in [0.05, 0.1) is 24.4 Å². The first-order chi connectivity index (χ1) is 9.19. The van der Waals surface area contributed by atoms with Gasteiger partial charge in [-0.3, -0.25) is 0 Å². The van der Waals surface area contributed by atoms with Crippen LogP contribution in [0.1, 0.15) is 46.0 Å². The van der Waals surface area contributed by atoms with Gasteiger partial charge in [0.2, 0.25) is 0 Å². The third-order valence-corrected chi connectivity index (χ3v) is 3.85. The minimum Gasteiger partial charge on any atom is -0.462 e. The normalized spacial score (nSPS) is 24.7. The van der Waals surface area contributed by atoms with Crippen molar-refractivity contribution in [1.82, 2.24) is 0 Å². The fourth-order valence-corrected chi connectivity index (χ4v) is 3.04. The Balaban J connectivity index is 2.16. The van der Waals surface area contributed by atoms with Crippen LogP contribution in [0.4, 0.5) is 0 Å². The Morgan fingerprint density at radius 3 is 1.74 bits per heavy atom. The highest BCUT2D eigenvalue weighted by Crippen LogP contribution is 2.49. The van der Waals surface area contributed by atoms with Crippen LogP contribution in [-0.4, -0.2) is 25.2 Å². The van der Waals surface area contributed by atoms with Gasteiger partial charge in [0.15, 0.2) is 0 Å². The maximum Gasteiger partial charge on any atom is 0.334 e. The number of ether oxygens (including phenoxy) is 2. The minimum absolute atomic E-state index is 0.207. The van der Waals surface area contributed by atoms with Crippen LogP contribution >= 0.6 is 0 Å². The lowest BCUT2D eigenvalue weighted by atomic mass is 9.92. The fraction of sp³-hybridized carbons (Fsp3) is 0.733. The van der Waals surface area contributed by atoms with Crippen LogP contribution in [0.15, 0.2) is 11.1 Å². The topological polar surface area (TPSA) is 52.6 Å². The molecule has 0 saturated heterocycles. The quantitative estimate of drug-likeness (QED) is 0.693. The highest BCUT2D eigenvalue weighted by atomic mass is 16.5. The largest absolute Gasteiger partial charge is 0.462 e. The predicted molar refractivity (Wildman–Crippen MR) is 70.4 cm³/mol. The Labute approximate surface area is 114 Å². The van der Waals surface area contributed by atoms with Crippen molar-refractivity contribution in [3.05, 3.63) is 11.1 Å². The molecular weight excluding hydrogens is 244 g/mol. The van der Waals surface area contributed by atoms with Crippen molar-refractivity contribution in [2.24, 2.45) is 11.8 Å². The second kappa shape index (κ2) is 6.22. The fourth-order valence-electron chi connectivity index (χ4n) is 3.04. The van der Waals surface area contributed by atoms with E-state index in [1.165, 1.54) is 0 Å². The molecular formula is C15H22O4. The highest BCUT2D eigenvalue weighted by Gasteiger charge is 2.45. The maximum absolute atomic E-state index is 12.1. The summed E-state index contributed by atoms with van der Waals surface area (Å²) in [5, 5.41) is 0. The van der Waals surface area contributed by atoms with Crippen molar-refractivity contribution in [2.75, 3.05) is 13.2 Å². The van der Waals surface area contributed by atoms with E-state index < -0.39 is 0 Å². The summed E-state index contributed by atoms with van der Waals surface area (Å²) < 4.78 is 10.4. The molecule has 0 N–H and O–H groups in total. The van der Waals surface area contributed by atoms with Crippen LogP contribution in [0, 0.1) is 11.8 Å². The number of hydrogen-bond acceptors (Lipinski definition) is 4. The van der Waals surface area contributed by atoms with Crippen LogP contribution in [0.2, 0.25) is 0 Å². The number of rotatable bonds is 6. The first kappa shape index (κ1) is 14.1. The number of fused-ring (bicyclic) bond motifs is 2. The van der Waals surface area contributed by atoms with Crippen LogP contribution in [0.5, 0.6) is 0 Å². The number of carbonyl (C=O) groups excluding carboxylic acids is 2. The number of carbonyl (C=O) groups is 2. The molecule has 2 aliphatic rings. The Hall–Kier alpha value is -1.32. The van der Waals surface area contributed by atoms with Gasteiger partial charge in [0, 0.05) is 0 Å². The highest BCUT2D eigenvalue weighted by molar-refractivity contribution is 6.02. The molecule has 2 bridgehead atoms. The summed E-state index contributed by atoms with van der Waals surface area (Å²) in [7, 11) is 0. The third-order valence-electron chi connectivity index (χ3n) is 3.85. The summed E-state index contributed by atoms with van der Waals surface area (Å²) in [6, 6.07) is 0. The first-order valence-corrected chi connectivity index (χ1v) is 7.27. The van der Waals surface area contributed by atoms with Crippen LogP contribution < -0.4 is 0 Å². The van der Waals surface area contributed by atoms with E-state index in [1.807, 2.05) is 13.8 Å². The van der Waals surface area contributed by atoms with Gasteiger partial charge in [-0.05, 0) is 43.9 Å². The molecule has 1 fully saturated rings. The van der Waals surface area contributed by atoms with Gasteiger partial charge in [0.1, 0.15) is 0 Å². The molecule has 0 aromatic carbocycles. The SMILES string of the molecule is CCCOC(=O)C1=C(C(=O)OCCC)C2CCC1C2. The monoisotopic (exact) mass is 266 g/mol. The second-order valence-electron chi connectivity index (χ2n) is 5.31. The predicted octanol–water partition coefficient (Wildman–Crippen LogP) is 2.62. The lowest BCUT2D eigenvalue weighted by Crippen LogP contribution is -2.21. The summed E-state index contributed by atoms with van der Waals surface area (Å²) in [6.45, 7) is 4.74. The lowest BCUT2D eigenvalue weighted by molar-refractivity contribution is -0.143. The molecule has 0 radical (unpaired) electrons. The zero-order valence-corrected chi connectivity index (χ0v) is 11.7. The van der Waals surface area contributed by atoms with Gasteiger partial charge in [-0.25, -0.2) is 9.59 Å². The Kier molecular flexibility index (Phi) is 4.61. The minimum atomic E-state index is -0.308. The molecule has 2 unspecified atom stereocenters. The second-order valence-corrected chi connectivity index (χ2v) is 5.31. The average molecular weight is 266 g/mol. The van der Waals surface area contributed by atoms with Gasteiger partial charge in [0.25, 0.3) is 0 Å². The third kappa shape index (κ3) is 2.82. The van der Waals surface area contributed by atoms with E-state index in [2.05, 4.69) is 0 Å². The molecule has 4 heteroatoms. The van der Waals surface area contributed by atoms with Gasteiger partial charge >= 0.3 is 11.9 Å². The van der Waals surface area contributed by atoms with E-state index in [0.29, 0.717) is 24.4 Å². The number of esters is 2. The molecule has 0 heterocycles. The molecule has 4 nitrogen and oxygen atoms in total. The first-order valence-electron chi connectivity index (χ1n) is 7.27.